The molecule has 1 aliphatic rings. The summed E-state index contributed by atoms with van der Waals surface area (Å²) in [6.07, 6.45) is 2.79. The van der Waals surface area contributed by atoms with Crippen molar-refractivity contribution < 1.29 is 0 Å². The zero-order valence-corrected chi connectivity index (χ0v) is 12.0. The summed E-state index contributed by atoms with van der Waals surface area (Å²) in [5.74, 6) is 0.968. The van der Waals surface area contributed by atoms with Crippen LogP contribution in [0.3, 0.4) is 0 Å². The van der Waals surface area contributed by atoms with Crippen molar-refractivity contribution in [3.8, 4) is 0 Å². The Morgan fingerprint density at radius 3 is 2.75 bits per heavy atom. The maximum atomic E-state index is 5.99. The second kappa shape index (κ2) is 5.21. The summed E-state index contributed by atoms with van der Waals surface area (Å²) in [5, 5.41) is 0. The lowest BCUT2D eigenvalue weighted by Gasteiger charge is -2.37. The van der Waals surface area contributed by atoms with Gasteiger partial charge in [-0.15, -0.1) is 0 Å². The van der Waals surface area contributed by atoms with Gasteiger partial charge in [-0.1, -0.05) is 24.3 Å². The SMILES string of the molecule is Cc1cnc(C)c(N2Cc3ccccc3CC2CN)n1. The van der Waals surface area contributed by atoms with Gasteiger partial charge in [-0.25, -0.2) is 4.98 Å². The zero-order chi connectivity index (χ0) is 14.1. The van der Waals surface area contributed by atoms with Crippen LogP contribution >= 0.6 is 0 Å². The van der Waals surface area contributed by atoms with Crippen LogP contribution in [-0.4, -0.2) is 22.6 Å². The Kier molecular flexibility index (Phi) is 3.40. The molecule has 0 spiro atoms. The highest BCUT2D eigenvalue weighted by Gasteiger charge is 2.27. The average Bonchev–Trinajstić information content (AvgIpc) is 2.48. The molecule has 2 heterocycles. The Bertz CT molecular complexity index is 624. The maximum Gasteiger partial charge on any atom is 0.150 e. The smallest absolute Gasteiger partial charge is 0.150 e. The molecule has 1 aromatic heterocycles. The topological polar surface area (TPSA) is 55.0 Å². The normalized spacial score (nSPS) is 17.9. The molecule has 3 rings (SSSR count). The standard InChI is InChI=1S/C16H20N4/c1-11-9-18-12(2)16(19-11)20-10-14-6-4-3-5-13(14)7-15(20)8-17/h3-6,9,15H,7-8,10,17H2,1-2H3. The van der Waals surface area contributed by atoms with E-state index in [-0.39, 0.29) is 0 Å². The van der Waals surface area contributed by atoms with E-state index in [0.717, 1.165) is 30.2 Å². The molecule has 104 valence electrons. The van der Waals surface area contributed by atoms with Gasteiger partial charge in [-0.3, -0.25) is 4.98 Å². The zero-order valence-electron chi connectivity index (χ0n) is 12.0. The fraction of sp³-hybridized carbons (Fsp3) is 0.375. The molecule has 20 heavy (non-hydrogen) atoms. The van der Waals surface area contributed by atoms with Gasteiger partial charge >= 0.3 is 0 Å². The minimum Gasteiger partial charge on any atom is -0.346 e. The number of rotatable bonds is 2. The Morgan fingerprint density at radius 2 is 2.00 bits per heavy atom. The van der Waals surface area contributed by atoms with Crippen molar-refractivity contribution in [1.29, 1.82) is 0 Å². The van der Waals surface area contributed by atoms with Crippen molar-refractivity contribution in [2.24, 2.45) is 5.73 Å². The van der Waals surface area contributed by atoms with E-state index in [4.69, 9.17) is 5.73 Å². The highest BCUT2D eigenvalue weighted by molar-refractivity contribution is 5.49. The Labute approximate surface area is 119 Å². The van der Waals surface area contributed by atoms with E-state index >= 15 is 0 Å². The van der Waals surface area contributed by atoms with Crippen molar-refractivity contribution in [1.82, 2.24) is 9.97 Å². The van der Waals surface area contributed by atoms with Gasteiger partial charge in [0, 0.05) is 25.3 Å². The number of benzene rings is 1. The maximum absolute atomic E-state index is 5.99. The molecule has 4 nitrogen and oxygen atoms in total. The first-order valence-electron chi connectivity index (χ1n) is 7.02. The lowest BCUT2D eigenvalue weighted by Crippen LogP contribution is -2.46. The van der Waals surface area contributed by atoms with E-state index in [0.29, 0.717) is 12.6 Å². The van der Waals surface area contributed by atoms with Crippen LogP contribution in [0.15, 0.2) is 30.5 Å². The first-order valence-corrected chi connectivity index (χ1v) is 7.02. The molecule has 1 aromatic carbocycles. The molecule has 0 radical (unpaired) electrons. The first kappa shape index (κ1) is 13.1. The van der Waals surface area contributed by atoms with Gasteiger partial charge in [0.25, 0.3) is 0 Å². The number of nitrogens with zero attached hydrogens (tertiary/aromatic N) is 3. The summed E-state index contributed by atoms with van der Waals surface area (Å²) in [6, 6.07) is 8.87. The third-order valence-corrected chi connectivity index (χ3v) is 3.95. The Hall–Kier alpha value is -1.94. The Morgan fingerprint density at radius 1 is 1.25 bits per heavy atom. The summed E-state index contributed by atoms with van der Waals surface area (Å²) >= 11 is 0. The second-order valence-corrected chi connectivity index (χ2v) is 5.41. The third-order valence-electron chi connectivity index (χ3n) is 3.95. The molecule has 0 fully saturated rings. The average molecular weight is 268 g/mol. The molecule has 1 atom stereocenters. The molecular formula is C16H20N4. The van der Waals surface area contributed by atoms with Crippen LogP contribution in [0.2, 0.25) is 0 Å². The lowest BCUT2D eigenvalue weighted by molar-refractivity contribution is 0.552. The van der Waals surface area contributed by atoms with Crippen LogP contribution in [0.25, 0.3) is 0 Å². The molecule has 0 bridgehead atoms. The summed E-state index contributed by atoms with van der Waals surface area (Å²) in [4.78, 5) is 11.4. The van der Waals surface area contributed by atoms with E-state index in [1.54, 1.807) is 0 Å². The van der Waals surface area contributed by atoms with Crippen molar-refractivity contribution in [3.05, 3.63) is 53.0 Å². The number of fused-ring (bicyclic) bond motifs is 1. The highest BCUT2D eigenvalue weighted by atomic mass is 15.2. The van der Waals surface area contributed by atoms with Crippen LogP contribution in [-0.2, 0) is 13.0 Å². The molecule has 4 heteroatoms. The molecule has 1 unspecified atom stereocenters. The molecule has 1 aliphatic heterocycles. The summed E-state index contributed by atoms with van der Waals surface area (Å²) < 4.78 is 0. The van der Waals surface area contributed by atoms with Gasteiger partial charge in [0.15, 0.2) is 5.82 Å². The second-order valence-electron chi connectivity index (χ2n) is 5.41. The van der Waals surface area contributed by atoms with Crippen molar-refractivity contribution in [2.45, 2.75) is 32.9 Å². The molecule has 2 N–H and O–H groups in total. The van der Waals surface area contributed by atoms with Crippen LogP contribution in [0.5, 0.6) is 0 Å². The number of hydrogen-bond donors (Lipinski definition) is 1. The first-order chi connectivity index (χ1) is 9.69. The minimum absolute atomic E-state index is 0.291. The molecule has 2 aromatic rings. The predicted octanol–water partition coefficient (Wildman–Crippen LogP) is 1.98. The lowest BCUT2D eigenvalue weighted by atomic mass is 9.94. The third kappa shape index (κ3) is 2.27. The van der Waals surface area contributed by atoms with Gasteiger partial charge in [0.05, 0.1) is 11.4 Å². The highest BCUT2D eigenvalue weighted by Crippen LogP contribution is 2.28. The van der Waals surface area contributed by atoms with Gasteiger partial charge < -0.3 is 10.6 Å². The molecular weight excluding hydrogens is 248 g/mol. The molecule has 0 saturated carbocycles. The van der Waals surface area contributed by atoms with Gasteiger partial charge in [-0.2, -0.15) is 0 Å². The monoisotopic (exact) mass is 268 g/mol. The number of aromatic nitrogens is 2. The summed E-state index contributed by atoms with van der Waals surface area (Å²) in [5.41, 5.74) is 10.7. The van der Waals surface area contributed by atoms with Crippen LogP contribution in [0.1, 0.15) is 22.5 Å². The van der Waals surface area contributed by atoms with Crippen molar-refractivity contribution in [3.63, 3.8) is 0 Å². The Balaban J connectivity index is 2.02. The van der Waals surface area contributed by atoms with Gasteiger partial charge in [0.2, 0.25) is 0 Å². The number of anilines is 1. The molecule has 0 saturated heterocycles. The molecule has 0 amide bonds. The predicted molar refractivity (Wildman–Crippen MR) is 80.7 cm³/mol. The van der Waals surface area contributed by atoms with E-state index in [1.807, 2.05) is 20.0 Å². The van der Waals surface area contributed by atoms with Crippen molar-refractivity contribution >= 4 is 5.82 Å². The summed E-state index contributed by atoms with van der Waals surface area (Å²) in [7, 11) is 0. The van der Waals surface area contributed by atoms with Crippen molar-refractivity contribution in [2.75, 3.05) is 11.4 Å². The quantitative estimate of drug-likeness (QED) is 0.905. The number of nitrogens with two attached hydrogens (primary N) is 1. The number of aryl methyl sites for hydroxylation is 2. The van der Waals surface area contributed by atoms with E-state index in [2.05, 4.69) is 39.1 Å². The van der Waals surface area contributed by atoms with E-state index in [1.165, 1.54) is 11.1 Å². The van der Waals surface area contributed by atoms with Crippen LogP contribution in [0.4, 0.5) is 5.82 Å². The number of hydrogen-bond acceptors (Lipinski definition) is 4. The fourth-order valence-corrected chi connectivity index (χ4v) is 2.84. The minimum atomic E-state index is 0.291. The van der Waals surface area contributed by atoms with Gasteiger partial charge in [0.1, 0.15) is 0 Å². The van der Waals surface area contributed by atoms with Crippen LogP contribution in [0, 0.1) is 13.8 Å². The van der Waals surface area contributed by atoms with Crippen LogP contribution < -0.4 is 10.6 Å². The van der Waals surface area contributed by atoms with Gasteiger partial charge in [-0.05, 0) is 31.4 Å². The largest absolute Gasteiger partial charge is 0.346 e. The fourth-order valence-electron chi connectivity index (χ4n) is 2.84. The molecule has 0 aliphatic carbocycles. The summed E-state index contributed by atoms with van der Waals surface area (Å²) in [6.45, 7) is 5.47. The van der Waals surface area contributed by atoms with E-state index in [9.17, 15) is 0 Å². The van der Waals surface area contributed by atoms with E-state index < -0.39 is 0 Å².